The molecule has 1 aromatic heterocycles. The number of nitrogens with one attached hydrogen (secondary N) is 2. The lowest BCUT2D eigenvalue weighted by molar-refractivity contribution is -0.117. The third-order valence-electron chi connectivity index (χ3n) is 2.35. The maximum Gasteiger partial charge on any atom is 0.321 e. The molecule has 0 aliphatic heterocycles. The van der Waals surface area contributed by atoms with Gasteiger partial charge < -0.3 is 9.73 Å². The summed E-state index contributed by atoms with van der Waals surface area (Å²) in [6.07, 6.45) is 2.17. The van der Waals surface area contributed by atoms with Crippen LogP contribution in [0.25, 0.3) is 0 Å². The lowest BCUT2D eigenvalue weighted by atomic mass is 10.4. The van der Waals surface area contributed by atoms with Crippen molar-refractivity contribution in [2.24, 2.45) is 0 Å². The van der Waals surface area contributed by atoms with Crippen LogP contribution in [0.2, 0.25) is 0 Å². The second kappa shape index (κ2) is 6.05. The Bertz CT molecular complexity index is 470. The van der Waals surface area contributed by atoms with Crippen LogP contribution in [0.4, 0.5) is 4.79 Å². The van der Waals surface area contributed by atoms with Gasteiger partial charge in [0.05, 0.1) is 5.75 Å². The van der Waals surface area contributed by atoms with Crippen molar-refractivity contribution in [3.05, 3.63) is 5.89 Å². The molecule has 1 aromatic rings. The Morgan fingerprint density at radius 2 is 2.16 bits per heavy atom. The van der Waals surface area contributed by atoms with Gasteiger partial charge in [-0.05, 0) is 26.7 Å². The van der Waals surface area contributed by atoms with Gasteiger partial charge in [0.1, 0.15) is 0 Å². The molecule has 1 fully saturated rings. The van der Waals surface area contributed by atoms with Gasteiger partial charge in [0.25, 0.3) is 5.22 Å². The van der Waals surface area contributed by atoms with Crippen molar-refractivity contribution < 1.29 is 14.0 Å². The molecule has 0 radical (unpaired) electrons. The number of hydrogen-bond donors (Lipinski definition) is 2. The molecule has 0 unspecified atom stereocenters. The van der Waals surface area contributed by atoms with Gasteiger partial charge >= 0.3 is 6.03 Å². The third-order valence-corrected chi connectivity index (χ3v) is 3.17. The fourth-order valence-corrected chi connectivity index (χ4v) is 1.93. The van der Waals surface area contributed by atoms with E-state index in [0.717, 1.165) is 24.6 Å². The van der Waals surface area contributed by atoms with Gasteiger partial charge in [-0.1, -0.05) is 11.8 Å². The van der Waals surface area contributed by atoms with E-state index >= 15 is 0 Å². The zero-order chi connectivity index (χ0) is 13.8. The van der Waals surface area contributed by atoms with E-state index in [1.807, 2.05) is 13.8 Å². The minimum atomic E-state index is -0.496. The molecule has 19 heavy (non-hydrogen) atoms. The molecule has 104 valence electrons. The first-order valence-corrected chi connectivity index (χ1v) is 7.09. The van der Waals surface area contributed by atoms with Crippen molar-refractivity contribution in [2.45, 2.75) is 43.9 Å². The number of amides is 3. The second-order valence-corrected chi connectivity index (χ2v) is 5.57. The molecule has 2 rings (SSSR count). The summed E-state index contributed by atoms with van der Waals surface area (Å²) >= 11 is 1.12. The lowest BCUT2D eigenvalue weighted by Crippen LogP contribution is -2.43. The van der Waals surface area contributed by atoms with Crippen LogP contribution in [0.1, 0.15) is 38.5 Å². The molecule has 0 saturated heterocycles. The Morgan fingerprint density at radius 3 is 2.79 bits per heavy atom. The van der Waals surface area contributed by atoms with Crippen LogP contribution in [0.5, 0.6) is 0 Å². The summed E-state index contributed by atoms with van der Waals surface area (Å²) in [5.74, 6) is 0.708. The number of hydrogen-bond acceptors (Lipinski definition) is 6. The summed E-state index contributed by atoms with van der Waals surface area (Å²) in [5, 5.41) is 12.9. The number of nitrogens with zero attached hydrogens (tertiary/aromatic N) is 2. The van der Waals surface area contributed by atoms with E-state index in [1.54, 1.807) is 0 Å². The van der Waals surface area contributed by atoms with E-state index in [1.165, 1.54) is 0 Å². The highest BCUT2D eigenvalue weighted by atomic mass is 32.2. The summed E-state index contributed by atoms with van der Waals surface area (Å²) in [7, 11) is 0. The van der Waals surface area contributed by atoms with Gasteiger partial charge in [0, 0.05) is 12.0 Å². The van der Waals surface area contributed by atoms with Gasteiger partial charge in [0.2, 0.25) is 11.8 Å². The molecular weight excluding hydrogens is 268 g/mol. The highest BCUT2D eigenvalue weighted by Crippen LogP contribution is 2.39. The monoisotopic (exact) mass is 284 g/mol. The first kappa shape index (κ1) is 13.9. The molecule has 0 aromatic carbocycles. The molecule has 1 aliphatic rings. The summed E-state index contributed by atoms with van der Waals surface area (Å²) in [5.41, 5.74) is 0. The second-order valence-electron chi connectivity index (χ2n) is 4.65. The summed E-state index contributed by atoms with van der Waals surface area (Å²) in [6.45, 7) is 3.63. The number of rotatable bonds is 5. The molecule has 7 nitrogen and oxygen atoms in total. The van der Waals surface area contributed by atoms with Crippen molar-refractivity contribution in [3.8, 4) is 0 Å². The van der Waals surface area contributed by atoms with Crippen molar-refractivity contribution in [1.82, 2.24) is 20.8 Å². The Morgan fingerprint density at radius 1 is 1.42 bits per heavy atom. The maximum atomic E-state index is 11.5. The Kier molecular flexibility index (Phi) is 4.41. The minimum absolute atomic E-state index is 0.0162. The van der Waals surface area contributed by atoms with Crippen LogP contribution in [-0.2, 0) is 4.79 Å². The standard InChI is InChI=1S/C11H16N4O3S/c1-6(2)12-10(17)13-8(16)5-19-11-15-14-9(18-11)7-3-4-7/h6-7H,3-5H2,1-2H3,(H2,12,13,16,17). The van der Waals surface area contributed by atoms with Gasteiger partial charge in [-0.2, -0.15) is 0 Å². The Hall–Kier alpha value is -1.57. The van der Waals surface area contributed by atoms with E-state index in [4.69, 9.17) is 4.42 Å². The molecular formula is C11H16N4O3S. The molecule has 3 amide bonds. The average molecular weight is 284 g/mol. The highest BCUT2D eigenvalue weighted by Gasteiger charge is 2.29. The fourth-order valence-electron chi connectivity index (χ4n) is 1.36. The van der Waals surface area contributed by atoms with E-state index in [2.05, 4.69) is 20.8 Å². The zero-order valence-electron chi connectivity index (χ0n) is 10.8. The summed E-state index contributed by atoms with van der Waals surface area (Å²) < 4.78 is 5.39. The van der Waals surface area contributed by atoms with E-state index in [-0.39, 0.29) is 11.8 Å². The third kappa shape index (κ3) is 4.55. The minimum Gasteiger partial charge on any atom is -0.416 e. The summed E-state index contributed by atoms with van der Waals surface area (Å²) in [4.78, 5) is 22.8. The first-order chi connectivity index (χ1) is 9.04. The molecule has 1 heterocycles. The predicted molar refractivity (Wildman–Crippen MR) is 68.8 cm³/mol. The van der Waals surface area contributed by atoms with Crippen LogP contribution < -0.4 is 10.6 Å². The molecule has 0 atom stereocenters. The van der Waals surface area contributed by atoms with Crippen LogP contribution in [-0.4, -0.2) is 33.9 Å². The normalized spacial score (nSPS) is 14.5. The van der Waals surface area contributed by atoms with Crippen LogP contribution in [0, 0.1) is 0 Å². The smallest absolute Gasteiger partial charge is 0.321 e. The number of urea groups is 1. The van der Waals surface area contributed by atoms with Crippen molar-refractivity contribution in [3.63, 3.8) is 0 Å². The highest BCUT2D eigenvalue weighted by molar-refractivity contribution is 7.99. The van der Waals surface area contributed by atoms with Gasteiger partial charge in [0.15, 0.2) is 0 Å². The van der Waals surface area contributed by atoms with E-state index < -0.39 is 11.9 Å². The molecule has 1 saturated carbocycles. The molecule has 0 spiro atoms. The number of aromatic nitrogens is 2. The average Bonchev–Trinajstić information content (AvgIpc) is 3.05. The predicted octanol–water partition coefficient (Wildman–Crippen LogP) is 1.27. The topological polar surface area (TPSA) is 97.1 Å². The molecule has 1 aliphatic carbocycles. The van der Waals surface area contributed by atoms with Crippen molar-refractivity contribution in [2.75, 3.05) is 5.75 Å². The fraction of sp³-hybridized carbons (Fsp3) is 0.636. The molecule has 0 bridgehead atoms. The van der Waals surface area contributed by atoms with Gasteiger partial charge in [-0.15, -0.1) is 10.2 Å². The molecule has 2 N–H and O–H groups in total. The van der Waals surface area contributed by atoms with E-state index in [9.17, 15) is 9.59 Å². The Balaban J connectivity index is 1.71. The number of carbonyl (C=O) groups excluding carboxylic acids is 2. The van der Waals surface area contributed by atoms with Gasteiger partial charge in [-0.3, -0.25) is 10.1 Å². The SMILES string of the molecule is CC(C)NC(=O)NC(=O)CSc1nnc(C2CC2)o1. The first-order valence-electron chi connectivity index (χ1n) is 6.11. The Labute approximate surface area is 114 Å². The van der Waals surface area contributed by atoms with Crippen LogP contribution in [0.15, 0.2) is 9.64 Å². The van der Waals surface area contributed by atoms with Crippen LogP contribution >= 0.6 is 11.8 Å². The maximum absolute atomic E-state index is 11.5. The van der Waals surface area contributed by atoms with E-state index in [0.29, 0.717) is 17.0 Å². The largest absolute Gasteiger partial charge is 0.416 e. The molecule has 8 heteroatoms. The number of imide groups is 1. The lowest BCUT2D eigenvalue weighted by Gasteiger charge is -2.08. The number of thioether (sulfide) groups is 1. The summed E-state index contributed by atoms with van der Waals surface area (Å²) in [6, 6.07) is -0.512. The van der Waals surface area contributed by atoms with Gasteiger partial charge in [-0.25, -0.2) is 4.79 Å². The quantitative estimate of drug-likeness (QED) is 0.790. The van der Waals surface area contributed by atoms with Crippen LogP contribution in [0.3, 0.4) is 0 Å². The van der Waals surface area contributed by atoms with Crippen molar-refractivity contribution in [1.29, 1.82) is 0 Å². The van der Waals surface area contributed by atoms with Crippen molar-refractivity contribution >= 4 is 23.7 Å². The zero-order valence-corrected chi connectivity index (χ0v) is 11.6. The number of carbonyl (C=O) groups is 2.